The number of hydrogen-bond acceptors (Lipinski definition) is 3. The first-order valence-corrected chi connectivity index (χ1v) is 6.00. The second-order valence-electron chi connectivity index (χ2n) is 4.15. The summed E-state index contributed by atoms with van der Waals surface area (Å²) in [7, 11) is 1.53. The maximum absolute atomic E-state index is 13.4. The van der Waals surface area contributed by atoms with Crippen molar-refractivity contribution in [3.05, 3.63) is 47.8 Å². The highest BCUT2D eigenvalue weighted by molar-refractivity contribution is 5.75. The van der Waals surface area contributed by atoms with Crippen molar-refractivity contribution >= 4 is 11.6 Å². The van der Waals surface area contributed by atoms with Crippen LogP contribution in [-0.2, 0) is 17.9 Å². The summed E-state index contributed by atoms with van der Waals surface area (Å²) in [4.78, 5) is 11.2. The Morgan fingerprint density at radius 2 is 2.05 bits per heavy atom. The maximum Gasteiger partial charge on any atom is 0.241 e. The van der Waals surface area contributed by atoms with Gasteiger partial charge in [-0.2, -0.15) is 5.10 Å². The highest BCUT2D eigenvalue weighted by atomic mass is 19.1. The quantitative estimate of drug-likeness (QED) is 0.873. The molecule has 0 spiro atoms. The van der Waals surface area contributed by atoms with Gasteiger partial charge in [0.2, 0.25) is 5.91 Å². The van der Waals surface area contributed by atoms with Gasteiger partial charge in [-0.25, -0.2) is 8.78 Å². The molecule has 5 nitrogen and oxygen atoms in total. The number of benzene rings is 1. The minimum absolute atomic E-state index is 0.00414. The SMILES string of the molecule is CNC(=O)Cn1cc(NCc2c(F)cccc2F)cn1. The molecule has 7 heteroatoms. The number of aromatic nitrogens is 2. The molecule has 0 aliphatic rings. The molecule has 0 fully saturated rings. The molecule has 0 atom stereocenters. The smallest absolute Gasteiger partial charge is 0.241 e. The van der Waals surface area contributed by atoms with Gasteiger partial charge >= 0.3 is 0 Å². The third kappa shape index (κ3) is 3.31. The van der Waals surface area contributed by atoms with Crippen LogP contribution in [0.1, 0.15) is 5.56 Å². The number of rotatable bonds is 5. The lowest BCUT2D eigenvalue weighted by Gasteiger charge is -2.06. The summed E-state index contributed by atoms with van der Waals surface area (Å²) in [5.41, 5.74) is 0.545. The average molecular weight is 280 g/mol. The number of nitrogens with zero attached hydrogens (tertiary/aromatic N) is 2. The third-order valence-electron chi connectivity index (χ3n) is 2.75. The van der Waals surface area contributed by atoms with Crippen LogP contribution in [0.4, 0.5) is 14.5 Å². The van der Waals surface area contributed by atoms with Gasteiger partial charge in [-0.3, -0.25) is 9.48 Å². The van der Waals surface area contributed by atoms with Crippen LogP contribution < -0.4 is 10.6 Å². The first-order chi connectivity index (χ1) is 9.60. The van der Waals surface area contributed by atoms with Crippen molar-refractivity contribution in [1.29, 1.82) is 0 Å². The number of hydrogen-bond donors (Lipinski definition) is 2. The zero-order valence-electron chi connectivity index (χ0n) is 10.9. The topological polar surface area (TPSA) is 59.0 Å². The van der Waals surface area contributed by atoms with Gasteiger partial charge in [-0.15, -0.1) is 0 Å². The van der Waals surface area contributed by atoms with E-state index in [0.29, 0.717) is 5.69 Å². The second kappa shape index (κ2) is 6.14. The average Bonchev–Trinajstić information content (AvgIpc) is 2.85. The Kier molecular flexibility index (Phi) is 4.29. The van der Waals surface area contributed by atoms with Gasteiger partial charge in [-0.1, -0.05) is 6.07 Å². The molecule has 106 valence electrons. The van der Waals surface area contributed by atoms with Gasteiger partial charge in [0.1, 0.15) is 18.2 Å². The van der Waals surface area contributed by atoms with Crippen molar-refractivity contribution in [2.24, 2.45) is 0 Å². The molecule has 0 unspecified atom stereocenters. The molecule has 0 saturated carbocycles. The normalized spacial score (nSPS) is 10.3. The zero-order valence-corrected chi connectivity index (χ0v) is 10.9. The van der Waals surface area contributed by atoms with E-state index in [1.807, 2.05) is 0 Å². The minimum atomic E-state index is -0.602. The predicted molar refractivity (Wildman–Crippen MR) is 70.0 cm³/mol. The summed E-state index contributed by atoms with van der Waals surface area (Å²) in [6, 6.07) is 3.72. The predicted octanol–water partition coefficient (Wildman–Crippen LogP) is 1.52. The number of halogens is 2. The van der Waals surface area contributed by atoms with E-state index >= 15 is 0 Å². The van der Waals surface area contributed by atoms with Crippen LogP contribution in [-0.4, -0.2) is 22.7 Å². The van der Waals surface area contributed by atoms with Gasteiger partial charge in [0.05, 0.1) is 11.9 Å². The first-order valence-electron chi connectivity index (χ1n) is 6.00. The van der Waals surface area contributed by atoms with E-state index < -0.39 is 11.6 Å². The maximum atomic E-state index is 13.4. The van der Waals surface area contributed by atoms with Crippen LogP contribution in [0.15, 0.2) is 30.6 Å². The molecule has 0 saturated heterocycles. The molecule has 2 aromatic rings. The van der Waals surface area contributed by atoms with E-state index in [9.17, 15) is 13.6 Å². The Balaban J connectivity index is 1.99. The highest BCUT2D eigenvalue weighted by Crippen LogP contribution is 2.14. The molecule has 0 bridgehead atoms. The summed E-state index contributed by atoms with van der Waals surface area (Å²) >= 11 is 0. The number of anilines is 1. The van der Waals surface area contributed by atoms with Crippen molar-refractivity contribution in [1.82, 2.24) is 15.1 Å². The van der Waals surface area contributed by atoms with Crippen LogP contribution >= 0.6 is 0 Å². The molecule has 1 aromatic carbocycles. The largest absolute Gasteiger partial charge is 0.378 e. The monoisotopic (exact) mass is 280 g/mol. The van der Waals surface area contributed by atoms with Crippen LogP contribution in [0.3, 0.4) is 0 Å². The lowest BCUT2D eigenvalue weighted by molar-refractivity contribution is -0.121. The van der Waals surface area contributed by atoms with Crippen LogP contribution in [0.25, 0.3) is 0 Å². The zero-order chi connectivity index (χ0) is 14.5. The second-order valence-corrected chi connectivity index (χ2v) is 4.15. The molecular weight excluding hydrogens is 266 g/mol. The summed E-state index contributed by atoms with van der Waals surface area (Å²) in [5, 5.41) is 9.30. The van der Waals surface area contributed by atoms with Crippen LogP contribution in [0, 0.1) is 11.6 Å². The Morgan fingerprint density at radius 1 is 1.35 bits per heavy atom. The molecule has 1 aromatic heterocycles. The summed E-state index contributed by atoms with van der Waals surface area (Å²) in [6.07, 6.45) is 3.08. The minimum Gasteiger partial charge on any atom is -0.378 e. The van der Waals surface area contributed by atoms with E-state index in [2.05, 4.69) is 15.7 Å². The molecule has 1 heterocycles. The van der Waals surface area contributed by atoms with Crippen molar-refractivity contribution in [3.63, 3.8) is 0 Å². The fourth-order valence-corrected chi connectivity index (χ4v) is 1.66. The number of likely N-dealkylation sites (N-methyl/N-ethyl adjacent to an activating group) is 1. The Morgan fingerprint density at radius 3 is 2.70 bits per heavy atom. The number of nitrogens with one attached hydrogen (secondary N) is 2. The Bertz CT molecular complexity index is 592. The standard InChI is InChI=1S/C13H14F2N4O/c1-16-13(20)8-19-7-9(5-18-19)17-6-10-11(14)3-2-4-12(10)15/h2-5,7,17H,6,8H2,1H3,(H,16,20). The van der Waals surface area contributed by atoms with Gasteiger partial charge < -0.3 is 10.6 Å². The number of carbonyl (C=O) groups is 1. The number of carbonyl (C=O) groups excluding carboxylic acids is 1. The lowest BCUT2D eigenvalue weighted by atomic mass is 10.2. The molecule has 1 amide bonds. The Labute approximate surface area is 114 Å². The van der Waals surface area contributed by atoms with E-state index in [4.69, 9.17) is 0 Å². The summed E-state index contributed by atoms with van der Waals surface area (Å²) in [6.45, 7) is 0.0937. The van der Waals surface area contributed by atoms with Crippen molar-refractivity contribution in [2.45, 2.75) is 13.1 Å². The molecule has 0 aliphatic heterocycles. The molecule has 0 aliphatic carbocycles. The van der Waals surface area contributed by atoms with Crippen molar-refractivity contribution in [2.75, 3.05) is 12.4 Å². The molecular formula is C13H14F2N4O. The summed E-state index contributed by atoms with van der Waals surface area (Å²) < 4.78 is 28.3. The van der Waals surface area contributed by atoms with Crippen molar-refractivity contribution < 1.29 is 13.6 Å². The molecule has 0 radical (unpaired) electrons. The lowest BCUT2D eigenvalue weighted by Crippen LogP contribution is -2.23. The van der Waals surface area contributed by atoms with Crippen LogP contribution in [0.2, 0.25) is 0 Å². The van der Waals surface area contributed by atoms with Crippen molar-refractivity contribution in [3.8, 4) is 0 Å². The van der Waals surface area contributed by atoms with E-state index in [-0.39, 0.29) is 24.6 Å². The van der Waals surface area contributed by atoms with Gasteiger partial charge in [0.25, 0.3) is 0 Å². The summed E-state index contributed by atoms with van der Waals surface area (Å²) in [5.74, 6) is -1.38. The first kappa shape index (κ1) is 14.0. The molecule has 2 rings (SSSR count). The van der Waals surface area contributed by atoms with E-state index in [1.54, 1.807) is 6.20 Å². The van der Waals surface area contributed by atoms with Gasteiger partial charge in [0, 0.05) is 25.4 Å². The Hall–Kier alpha value is -2.44. The van der Waals surface area contributed by atoms with E-state index in [0.717, 1.165) is 0 Å². The molecule has 20 heavy (non-hydrogen) atoms. The highest BCUT2D eigenvalue weighted by Gasteiger charge is 2.08. The third-order valence-corrected chi connectivity index (χ3v) is 2.75. The molecule has 2 N–H and O–H groups in total. The fourth-order valence-electron chi connectivity index (χ4n) is 1.66. The van der Waals surface area contributed by atoms with Gasteiger partial charge in [0.15, 0.2) is 0 Å². The van der Waals surface area contributed by atoms with E-state index in [1.165, 1.54) is 36.1 Å². The fraction of sp³-hybridized carbons (Fsp3) is 0.231. The van der Waals surface area contributed by atoms with Gasteiger partial charge in [-0.05, 0) is 12.1 Å². The van der Waals surface area contributed by atoms with Crippen LogP contribution in [0.5, 0.6) is 0 Å². The number of amides is 1.